The summed E-state index contributed by atoms with van der Waals surface area (Å²) in [5.74, 6) is -0.344. The Morgan fingerprint density at radius 2 is 1.91 bits per heavy atom. The number of anilines is 2. The van der Waals surface area contributed by atoms with Gasteiger partial charge in [0, 0.05) is 11.1 Å². The van der Waals surface area contributed by atoms with Crippen molar-refractivity contribution in [2.45, 2.75) is 24.8 Å². The van der Waals surface area contributed by atoms with Crippen LogP contribution in [0.1, 0.15) is 19.3 Å². The highest BCUT2D eigenvalue weighted by atomic mass is 16.4. The molecule has 7 nitrogen and oxygen atoms in total. The van der Waals surface area contributed by atoms with Gasteiger partial charge in [-0.3, -0.25) is 4.79 Å². The Hall–Kier alpha value is -2.83. The van der Waals surface area contributed by atoms with Crippen molar-refractivity contribution in [3.8, 4) is 17.0 Å². The van der Waals surface area contributed by atoms with E-state index in [1.165, 1.54) is 0 Å². The van der Waals surface area contributed by atoms with Gasteiger partial charge in [0.2, 0.25) is 0 Å². The van der Waals surface area contributed by atoms with Crippen LogP contribution < -0.4 is 11.1 Å². The summed E-state index contributed by atoms with van der Waals surface area (Å²) in [5.41, 5.74) is 6.84. The molecule has 3 saturated carbocycles. The molecular formula is C16H16N4O3. The number of hydrogen-bond acceptors (Lipinski definition) is 6. The molecule has 0 amide bonds. The zero-order valence-corrected chi connectivity index (χ0v) is 12.3. The highest BCUT2D eigenvalue weighted by molar-refractivity contribution is 5.82. The van der Waals surface area contributed by atoms with Crippen LogP contribution in [0.2, 0.25) is 0 Å². The molecule has 3 fully saturated rings. The Morgan fingerprint density at radius 1 is 1.22 bits per heavy atom. The molecule has 1 aromatic heterocycles. The summed E-state index contributed by atoms with van der Waals surface area (Å²) in [5, 5.41) is 30.4. The van der Waals surface area contributed by atoms with Crippen molar-refractivity contribution in [2.75, 3.05) is 11.1 Å². The fourth-order valence-corrected chi connectivity index (χ4v) is 3.76. The van der Waals surface area contributed by atoms with Crippen molar-refractivity contribution < 1.29 is 15.0 Å². The maximum atomic E-state index is 11.2. The van der Waals surface area contributed by atoms with E-state index in [1.807, 2.05) is 0 Å². The van der Waals surface area contributed by atoms with E-state index in [4.69, 9.17) is 5.73 Å². The van der Waals surface area contributed by atoms with Crippen LogP contribution in [0.4, 0.5) is 11.5 Å². The Bertz CT molecular complexity index is 801. The molecule has 0 saturated heterocycles. The smallest absolute Gasteiger partial charge is 0.309 e. The van der Waals surface area contributed by atoms with E-state index in [0.717, 1.165) is 0 Å². The second kappa shape index (κ2) is 4.34. The molecule has 0 spiro atoms. The topological polar surface area (TPSA) is 121 Å². The van der Waals surface area contributed by atoms with Gasteiger partial charge in [-0.1, -0.05) is 12.1 Å². The van der Waals surface area contributed by atoms with Crippen LogP contribution in [-0.4, -0.2) is 31.9 Å². The number of nitrogen functional groups attached to an aromatic ring is 1. The number of phenols is 1. The number of aromatic hydroxyl groups is 1. The zero-order chi connectivity index (χ0) is 16.2. The van der Waals surface area contributed by atoms with E-state index >= 15 is 0 Å². The lowest BCUT2D eigenvalue weighted by Gasteiger charge is -2.68. The fraction of sp³-hybridized carbons (Fsp3) is 0.312. The van der Waals surface area contributed by atoms with Crippen LogP contribution in [0.25, 0.3) is 11.3 Å². The lowest BCUT2D eigenvalue weighted by Crippen LogP contribution is -2.73. The third kappa shape index (κ3) is 1.93. The minimum absolute atomic E-state index is 0.118. The van der Waals surface area contributed by atoms with E-state index in [0.29, 0.717) is 36.2 Å². The SMILES string of the molecule is Nc1nnc(-c2ccccc2O)cc1NC12CC(C(=O)O)(C1)C2. The van der Waals surface area contributed by atoms with Crippen LogP contribution in [0, 0.1) is 5.41 Å². The first-order chi connectivity index (χ1) is 10.9. The van der Waals surface area contributed by atoms with Crippen molar-refractivity contribution >= 4 is 17.5 Å². The number of para-hydroxylation sites is 1. The van der Waals surface area contributed by atoms with E-state index in [2.05, 4.69) is 15.5 Å². The van der Waals surface area contributed by atoms with Crippen molar-refractivity contribution in [3.05, 3.63) is 30.3 Å². The van der Waals surface area contributed by atoms with Crippen LogP contribution >= 0.6 is 0 Å². The number of benzene rings is 1. The molecule has 2 bridgehead atoms. The van der Waals surface area contributed by atoms with Crippen molar-refractivity contribution in [1.82, 2.24) is 10.2 Å². The monoisotopic (exact) mass is 312 g/mol. The minimum Gasteiger partial charge on any atom is -0.507 e. The van der Waals surface area contributed by atoms with Crippen LogP contribution in [0.5, 0.6) is 5.75 Å². The number of carboxylic acid groups (broad SMARTS) is 1. The highest BCUT2D eigenvalue weighted by Crippen LogP contribution is 2.68. The number of hydrogen-bond donors (Lipinski definition) is 4. The first-order valence-electron chi connectivity index (χ1n) is 7.36. The van der Waals surface area contributed by atoms with Gasteiger partial charge >= 0.3 is 5.97 Å². The lowest BCUT2D eigenvalue weighted by atomic mass is 9.39. The molecule has 0 aliphatic heterocycles. The summed E-state index contributed by atoms with van der Waals surface area (Å²) in [6.07, 6.45) is 1.80. The maximum Gasteiger partial charge on any atom is 0.309 e. The highest BCUT2D eigenvalue weighted by Gasteiger charge is 2.72. The molecule has 1 aromatic carbocycles. The maximum absolute atomic E-state index is 11.2. The zero-order valence-electron chi connectivity index (χ0n) is 12.3. The van der Waals surface area contributed by atoms with E-state index in [9.17, 15) is 15.0 Å². The minimum atomic E-state index is -0.725. The quantitative estimate of drug-likeness (QED) is 0.679. The normalized spacial score (nSPS) is 27.7. The molecule has 0 unspecified atom stereocenters. The predicted octanol–water partition coefficient (Wildman–Crippen LogP) is 1.85. The summed E-state index contributed by atoms with van der Waals surface area (Å²) in [6.45, 7) is 0. The standard InChI is InChI=1S/C16H16N4O3/c17-13-11(18-16-6-15(7-16,8-16)14(22)23)5-10(19-20-13)9-3-1-2-4-12(9)21/h1-5,21H,6-8H2,(H2,17,20)(H,18,19)(H,22,23). The Labute approximate surface area is 132 Å². The molecule has 5 rings (SSSR count). The molecule has 3 aliphatic rings. The van der Waals surface area contributed by atoms with Crippen LogP contribution in [0.15, 0.2) is 30.3 Å². The molecule has 0 atom stereocenters. The van der Waals surface area contributed by atoms with Gasteiger partial charge in [-0.2, -0.15) is 0 Å². The van der Waals surface area contributed by atoms with Gasteiger partial charge in [0.05, 0.1) is 16.8 Å². The molecule has 1 heterocycles. The number of nitrogens with two attached hydrogens (primary N) is 1. The van der Waals surface area contributed by atoms with Gasteiger partial charge < -0.3 is 21.3 Å². The number of rotatable bonds is 4. The largest absolute Gasteiger partial charge is 0.507 e. The van der Waals surface area contributed by atoms with E-state index in [1.54, 1.807) is 30.3 Å². The number of carboxylic acids is 1. The average Bonchev–Trinajstić information content (AvgIpc) is 2.43. The molecule has 3 aliphatic carbocycles. The Morgan fingerprint density at radius 3 is 2.57 bits per heavy atom. The molecule has 118 valence electrons. The van der Waals surface area contributed by atoms with Crippen molar-refractivity contribution in [3.63, 3.8) is 0 Å². The second-order valence-electron chi connectivity index (χ2n) is 6.57. The van der Waals surface area contributed by atoms with Crippen LogP contribution in [-0.2, 0) is 4.79 Å². The number of nitrogens with zero attached hydrogens (tertiary/aromatic N) is 2. The van der Waals surface area contributed by atoms with Gasteiger partial charge in [-0.15, -0.1) is 10.2 Å². The predicted molar refractivity (Wildman–Crippen MR) is 83.8 cm³/mol. The third-order valence-corrected chi connectivity index (χ3v) is 4.89. The van der Waals surface area contributed by atoms with Gasteiger partial charge in [0.1, 0.15) is 5.75 Å². The summed E-state index contributed by atoms with van der Waals surface area (Å²) in [4.78, 5) is 11.2. The molecule has 2 aromatic rings. The number of nitrogens with one attached hydrogen (secondary N) is 1. The molecule has 5 N–H and O–H groups in total. The first kappa shape index (κ1) is 13.8. The number of phenolic OH excluding ortho intramolecular Hbond substituents is 1. The van der Waals surface area contributed by atoms with E-state index < -0.39 is 11.4 Å². The first-order valence-corrected chi connectivity index (χ1v) is 7.36. The van der Waals surface area contributed by atoms with Crippen molar-refractivity contribution in [1.29, 1.82) is 0 Å². The molecular weight excluding hydrogens is 296 g/mol. The molecule has 7 heteroatoms. The average molecular weight is 312 g/mol. The number of carbonyl (C=O) groups is 1. The Kier molecular flexibility index (Phi) is 2.61. The van der Waals surface area contributed by atoms with Gasteiger partial charge in [-0.25, -0.2) is 0 Å². The van der Waals surface area contributed by atoms with Gasteiger partial charge in [0.15, 0.2) is 5.82 Å². The number of aliphatic carboxylic acids is 1. The molecule has 0 radical (unpaired) electrons. The second-order valence-corrected chi connectivity index (χ2v) is 6.57. The number of aromatic nitrogens is 2. The summed E-state index contributed by atoms with van der Waals surface area (Å²) in [7, 11) is 0. The Balaban J connectivity index is 1.60. The summed E-state index contributed by atoms with van der Waals surface area (Å²) < 4.78 is 0. The fourth-order valence-electron chi connectivity index (χ4n) is 3.76. The van der Waals surface area contributed by atoms with Crippen LogP contribution in [0.3, 0.4) is 0 Å². The van der Waals surface area contributed by atoms with E-state index in [-0.39, 0.29) is 17.1 Å². The van der Waals surface area contributed by atoms with Gasteiger partial charge in [-0.05, 0) is 37.5 Å². The summed E-state index contributed by atoms with van der Waals surface area (Å²) >= 11 is 0. The molecule has 23 heavy (non-hydrogen) atoms. The van der Waals surface area contributed by atoms with Crippen molar-refractivity contribution in [2.24, 2.45) is 5.41 Å². The third-order valence-electron chi connectivity index (χ3n) is 4.89. The lowest BCUT2D eigenvalue weighted by molar-refractivity contribution is -0.186. The van der Waals surface area contributed by atoms with Gasteiger partial charge in [0.25, 0.3) is 0 Å². The summed E-state index contributed by atoms with van der Waals surface area (Å²) in [6, 6.07) is 8.61.